The van der Waals surface area contributed by atoms with Gasteiger partial charge in [-0.05, 0) is 70.8 Å². The summed E-state index contributed by atoms with van der Waals surface area (Å²) >= 11 is 0. The Hall–Kier alpha value is -5.74. The van der Waals surface area contributed by atoms with Crippen molar-refractivity contribution in [2.75, 3.05) is 9.80 Å². The fourth-order valence-electron chi connectivity index (χ4n) is 5.14. The Balaban J connectivity index is 0.995. The molecule has 4 heteroatoms. The minimum Gasteiger partial charge on any atom is -0.321 e. The predicted octanol–water partition coefficient (Wildman–Crippen LogP) is 9.39. The molecule has 0 fully saturated rings. The van der Waals surface area contributed by atoms with Crippen LogP contribution in [0.15, 0.2) is 146 Å². The first-order valence-electron chi connectivity index (χ1n) is 14.0. The van der Waals surface area contributed by atoms with Crippen LogP contribution in [0.5, 0.6) is 0 Å². The molecule has 4 aromatic carbocycles. The number of benzene rings is 4. The molecule has 3 heterocycles. The summed E-state index contributed by atoms with van der Waals surface area (Å²) in [6, 6.07) is 37.7. The van der Waals surface area contributed by atoms with Gasteiger partial charge in [0, 0.05) is 59.3 Å². The Labute approximate surface area is 245 Å². The Morgan fingerprint density at radius 2 is 0.810 bits per heavy atom. The van der Waals surface area contributed by atoms with Crippen LogP contribution >= 0.6 is 0 Å². The van der Waals surface area contributed by atoms with Crippen LogP contribution in [0.2, 0.25) is 0 Å². The number of rotatable bonds is 6. The van der Waals surface area contributed by atoms with Crippen molar-refractivity contribution in [3.05, 3.63) is 169 Å². The maximum atomic E-state index is 4.45. The molecule has 0 bridgehead atoms. The van der Waals surface area contributed by atoms with E-state index in [-0.39, 0.29) is 0 Å². The van der Waals surface area contributed by atoms with Crippen molar-refractivity contribution in [3.63, 3.8) is 0 Å². The molecule has 1 aliphatic heterocycles. The third-order valence-corrected chi connectivity index (χ3v) is 7.43. The lowest BCUT2D eigenvalue weighted by Crippen LogP contribution is -2.18. The Morgan fingerprint density at radius 1 is 0.405 bits per heavy atom. The SMILES string of the molecule is C1=CN(c2ccc(/C=C\c3ccnc4ccccc34)cc2)C=CN1c1ccc(/C=C\c2ccnc3ccccc23)cc1. The van der Waals surface area contributed by atoms with E-state index in [1.807, 2.05) is 36.7 Å². The molecule has 0 atom stereocenters. The van der Waals surface area contributed by atoms with Gasteiger partial charge in [-0.2, -0.15) is 0 Å². The Morgan fingerprint density at radius 3 is 1.24 bits per heavy atom. The van der Waals surface area contributed by atoms with Gasteiger partial charge >= 0.3 is 0 Å². The van der Waals surface area contributed by atoms with Crippen LogP contribution in [-0.2, 0) is 0 Å². The van der Waals surface area contributed by atoms with E-state index in [1.165, 1.54) is 0 Å². The highest BCUT2D eigenvalue weighted by molar-refractivity contribution is 5.91. The highest BCUT2D eigenvalue weighted by atomic mass is 15.2. The van der Waals surface area contributed by atoms with Gasteiger partial charge in [-0.1, -0.05) is 85.0 Å². The molecule has 0 N–H and O–H groups in total. The maximum Gasteiger partial charge on any atom is 0.0707 e. The van der Waals surface area contributed by atoms with E-state index in [2.05, 4.69) is 154 Å². The van der Waals surface area contributed by atoms with E-state index in [4.69, 9.17) is 0 Å². The number of nitrogens with zero attached hydrogens (tertiary/aromatic N) is 4. The molecule has 0 radical (unpaired) electrons. The van der Waals surface area contributed by atoms with E-state index >= 15 is 0 Å². The lowest BCUT2D eigenvalue weighted by molar-refractivity contribution is 1.15. The number of para-hydroxylation sites is 2. The van der Waals surface area contributed by atoms with Crippen LogP contribution in [0.25, 0.3) is 46.1 Å². The summed E-state index contributed by atoms with van der Waals surface area (Å²) in [6.07, 6.45) is 20.6. The van der Waals surface area contributed by atoms with Crippen molar-refractivity contribution in [2.24, 2.45) is 0 Å². The molecule has 0 aliphatic carbocycles. The van der Waals surface area contributed by atoms with Crippen molar-refractivity contribution >= 4 is 57.5 Å². The quantitative estimate of drug-likeness (QED) is 0.211. The second kappa shape index (κ2) is 11.4. The van der Waals surface area contributed by atoms with Crippen molar-refractivity contribution in [1.29, 1.82) is 0 Å². The lowest BCUT2D eigenvalue weighted by Gasteiger charge is -2.25. The van der Waals surface area contributed by atoms with Gasteiger partial charge in [-0.3, -0.25) is 9.97 Å². The Bertz CT molecular complexity index is 1810. The van der Waals surface area contributed by atoms with Crippen molar-refractivity contribution in [2.45, 2.75) is 0 Å². The van der Waals surface area contributed by atoms with Gasteiger partial charge in [0.15, 0.2) is 0 Å². The van der Waals surface area contributed by atoms with Crippen LogP contribution in [0.3, 0.4) is 0 Å². The van der Waals surface area contributed by atoms with E-state index in [1.54, 1.807) is 0 Å². The number of hydrogen-bond donors (Lipinski definition) is 0. The van der Waals surface area contributed by atoms with Crippen LogP contribution in [0.1, 0.15) is 22.3 Å². The molecule has 4 nitrogen and oxygen atoms in total. The zero-order chi connectivity index (χ0) is 28.1. The molecule has 6 aromatic rings. The van der Waals surface area contributed by atoms with E-state index < -0.39 is 0 Å². The van der Waals surface area contributed by atoms with Crippen molar-refractivity contribution < 1.29 is 0 Å². The van der Waals surface area contributed by atoms with Gasteiger partial charge < -0.3 is 9.80 Å². The number of aromatic nitrogens is 2. The normalized spacial score (nSPS) is 13.2. The molecule has 0 amide bonds. The van der Waals surface area contributed by atoms with E-state index in [0.29, 0.717) is 0 Å². The Kier molecular flexibility index (Phi) is 6.85. The van der Waals surface area contributed by atoms with Crippen molar-refractivity contribution in [1.82, 2.24) is 9.97 Å². The predicted molar refractivity (Wildman–Crippen MR) is 177 cm³/mol. The minimum atomic E-state index is 1.01. The van der Waals surface area contributed by atoms with Gasteiger partial charge in [0.2, 0.25) is 0 Å². The summed E-state index contributed by atoms with van der Waals surface area (Å²) in [5.74, 6) is 0. The zero-order valence-electron chi connectivity index (χ0n) is 23.0. The molecule has 42 heavy (non-hydrogen) atoms. The molecule has 7 rings (SSSR count). The molecule has 0 saturated heterocycles. The van der Waals surface area contributed by atoms with Gasteiger partial charge in [0.05, 0.1) is 11.0 Å². The maximum absolute atomic E-state index is 4.45. The number of fused-ring (bicyclic) bond motifs is 2. The van der Waals surface area contributed by atoms with E-state index in [9.17, 15) is 0 Å². The second-order valence-corrected chi connectivity index (χ2v) is 10.1. The average Bonchev–Trinajstić information content (AvgIpc) is 3.07. The minimum absolute atomic E-state index is 1.01. The van der Waals surface area contributed by atoms with E-state index in [0.717, 1.165) is 55.4 Å². The van der Waals surface area contributed by atoms with Crippen molar-refractivity contribution in [3.8, 4) is 0 Å². The van der Waals surface area contributed by atoms with Crippen LogP contribution in [-0.4, -0.2) is 9.97 Å². The number of anilines is 2. The molecule has 0 spiro atoms. The molecular formula is C38H28N4. The molecule has 0 unspecified atom stereocenters. The first-order chi connectivity index (χ1) is 20.8. The smallest absolute Gasteiger partial charge is 0.0707 e. The fourth-order valence-corrected chi connectivity index (χ4v) is 5.14. The zero-order valence-corrected chi connectivity index (χ0v) is 23.0. The van der Waals surface area contributed by atoms with Crippen LogP contribution in [0.4, 0.5) is 11.4 Å². The largest absolute Gasteiger partial charge is 0.321 e. The standard InChI is InChI=1S/C38H28N4/c1-3-7-37-35(5-1)31(21-23-39-37)15-9-29-11-17-33(18-12-29)41-25-27-42(28-26-41)34-19-13-30(14-20-34)10-16-32-22-24-40-38-8-4-2-6-36(32)38/h1-28H/b15-9-,16-10-. The van der Waals surface area contributed by atoms with Gasteiger partial charge in [-0.25, -0.2) is 0 Å². The monoisotopic (exact) mass is 540 g/mol. The first-order valence-corrected chi connectivity index (χ1v) is 14.0. The number of hydrogen-bond acceptors (Lipinski definition) is 4. The van der Waals surface area contributed by atoms with Gasteiger partial charge in [-0.15, -0.1) is 0 Å². The highest BCUT2D eigenvalue weighted by Crippen LogP contribution is 2.25. The summed E-state index contributed by atoms with van der Waals surface area (Å²) in [6.45, 7) is 0. The number of pyridine rings is 2. The summed E-state index contributed by atoms with van der Waals surface area (Å²) < 4.78 is 0. The fraction of sp³-hybridized carbons (Fsp3) is 0. The summed E-state index contributed by atoms with van der Waals surface area (Å²) in [5, 5.41) is 2.32. The molecular weight excluding hydrogens is 512 g/mol. The third-order valence-electron chi connectivity index (χ3n) is 7.43. The van der Waals surface area contributed by atoms with Crippen LogP contribution in [0, 0.1) is 0 Å². The third kappa shape index (κ3) is 5.34. The van der Waals surface area contributed by atoms with Gasteiger partial charge in [0.1, 0.15) is 0 Å². The summed E-state index contributed by atoms with van der Waals surface area (Å²) in [4.78, 5) is 13.2. The lowest BCUT2D eigenvalue weighted by atomic mass is 10.1. The molecule has 0 saturated carbocycles. The van der Waals surface area contributed by atoms with Crippen LogP contribution < -0.4 is 9.80 Å². The molecule has 200 valence electrons. The summed E-state index contributed by atoms with van der Waals surface area (Å²) in [5.41, 5.74) is 8.87. The first kappa shape index (κ1) is 25.2. The molecule has 2 aromatic heterocycles. The summed E-state index contributed by atoms with van der Waals surface area (Å²) in [7, 11) is 0. The van der Waals surface area contributed by atoms with Gasteiger partial charge in [0.25, 0.3) is 0 Å². The molecule has 1 aliphatic rings. The average molecular weight is 541 g/mol. The second-order valence-electron chi connectivity index (χ2n) is 10.1. The topological polar surface area (TPSA) is 32.3 Å². The highest BCUT2D eigenvalue weighted by Gasteiger charge is 2.08.